The van der Waals surface area contributed by atoms with Gasteiger partial charge in [0.1, 0.15) is 5.75 Å². The molecule has 0 fully saturated rings. The van der Waals surface area contributed by atoms with Crippen LogP contribution in [0.15, 0.2) is 72.8 Å². The molecule has 0 saturated carbocycles. The average Bonchev–Trinajstić information content (AvgIpc) is 2.66. The van der Waals surface area contributed by atoms with Gasteiger partial charge in [0, 0.05) is 10.9 Å². The smallest absolute Gasteiger partial charge is 0.128 e. The zero-order valence-electron chi connectivity index (χ0n) is 13.3. The SMILES string of the molecule is COc1cc(C#N)c2ccccc2c1-c1cccc2ccccc12. The summed E-state index contributed by atoms with van der Waals surface area (Å²) in [5.74, 6) is 0.724. The molecule has 0 amide bonds. The summed E-state index contributed by atoms with van der Waals surface area (Å²) in [5.41, 5.74) is 2.78. The summed E-state index contributed by atoms with van der Waals surface area (Å²) >= 11 is 0. The van der Waals surface area contributed by atoms with Crippen molar-refractivity contribution in [2.75, 3.05) is 7.11 Å². The topological polar surface area (TPSA) is 33.0 Å². The standard InChI is InChI=1S/C22H15NO/c1-24-21-13-16(14-23)18-10-4-5-11-19(18)22(21)20-12-6-8-15-7-2-3-9-17(15)20/h2-13H,1H3. The molecule has 4 rings (SSSR count). The molecular formula is C22H15NO. The molecule has 0 N–H and O–H groups in total. The third-order valence-electron chi connectivity index (χ3n) is 4.41. The van der Waals surface area contributed by atoms with Crippen LogP contribution >= 0.6 is 0 Å². The number of nitrogens with zero attached hydrogens (tertiary/aromatic N) is 1. The minimum Gasteiger partial charge on any atom is -0.496 e. The van der Waals surface area contributed by atoms with Gasteiger partial charge < -0.3 is 4.74 Å². The molecule has 0 aliphatic rings. The Balaban J connectivity index is 2.19. The average molecular weight is 309 g/mol. The van der Waals surface area contributed by atoms with E-state index < -0.39 is 0 Å². The van der Waals surface area contributed by atoms with E-state index in [1.54, 1.807) is 7.11 Å². The molecule has 0 atom stereocenters. The Kier molecular flexibility index (Phi) is 3.40. The Morgan fingerprint density at radius 1 is 0.792 bits per heavy atom. The number of methoxy groups -OCH3 is 1. The molecule has 114 valence electrons. The minimum atomic E-state index is 0.631. The fraction of sp³-hybridized carbons (Fsp3) is 0.0455. The van der Waals surface area contributed by atoms with Gasteiger partial charge in [-0.1, -0.05) is 66.7 Å². The number of nitriles is 1. The predicted octanol–water partition coefficient (Wildman–Crippen LogP) is 5.54. The molecule has 4 aromatic rings. The highest BCUT2D eigenvalue weighted by molar-refractivity contribution is 6.09. The zero-order chi connectivity index (χ0) is 16.5. The normalized spacial score (nSPS) is 10.7. The molecule has 0 aliphatic heterocycles. The minimum absolute atomic E-state index is 0.631. The van der Waals surface area contributed by atoms with E-state index in [1.807, 2.05) is 36.4 Å². The van der Waals surface area contributed by atoms with Crippen LogP contribution in [0.25, 0.3) is 32.7 Å². The molecule has 4 aromatic carbocycles. The van der Waals surface area contributed by atoms with E-state index >= 15 is 0 Å². The first-order valence-electron chi connectivity index (χ1n) is 7.81. The highest BCUT2D eigenvalue weighted by atomic mass is 16.5. The maximum absolute atomic E-state index is 9.48. The third-order valence-corrected chi connectivity index (χ3v) is 4.41. The molecular weight excluding hydrogens is 294 g/mol. The van der Waals surface area contributed by atoms with Gasteiger partial charge in [-0.15, -0.1) is 0 Å². The summed E-state index contributed by atoms with van der Waals surface area (Å²) in [7, 11) is 1.65. The van der Waals surface area contributed by atoms with Gasteiger partial charge in [-0.2, -0.15) is 5.26 Å². The van der Waals surface area contributed by atoms with E-state index in [0.29, 0.717) is 5.56 Å². The molecule has 0 bridgehead atoms. The van der Waals surface area contributed by atoms with E-state index in [1.165, 1.54) is 10.8 Å². The summed E-state index contributed by atoms with van der Waals surface area (Å²) in [4.78, 5) is 0. The quantitative estimate of drug-likeness (QED) is 0.487. The molecule has 0 aliphatic carbocycles. The predicted molar refractivity (Wildman–Crippen MR) is 98.2 cm³/mol. The van der Waals surface area contributed by atoms with Crippen LogP contribution < -0.4 is 4.74 Å². The molecule has 0 radical (unpaired) electrons. The van der Waals surface area contributed by atoms with Gasteiger partial charge in [0.15, 0.2) is 0 Å². The number of hydrogen-bond donors (Lipinski definition) is 0. The summed E-state index contributed by atoms with van der Waals surface area (Å²) < 4.78 is 5.65. The van der Waals surface area contributed by atoms with Gasteiger partial charge in [-0.05, 0) is 27.8 Å². The molecule has 0 spiro atoms. The van der Waals surface area contributed by atoms with Crippen molar-refractivity contribution in [1.82, 2.24) is 0 Å². The lowest BCUT2D eigenvalue weighted by molar-refractivity contribution is 0.417. The van der Waals surface area contributed by atoms with Crippen molar-refractivity contribution in [1.29, 1.82) is 5.26 Å². The van der Waals surface area contributed by atoms with E-state index in [0.717, 1.165) is 27.6 Å². The van der Waals surface area contributed by atoms with E-state index in [9.17, 15) is 5.26 Å². The van der Waals surface area contributed by atoms with Crippen LogP contribution in [0.1, 0.15) is 5.56 Å². The molecule has 0 aromatic heterocycles. The molecule has 0 saturated heterocycles. The first-order valence-corrected chi connectivity index (χ1v) is 7.81. The van der Waals surface area contributed by atoms with Crippen LogP contribution in [0.4, 0.5) is 0 Å². The van der Waals surface area contributed by atoms with E-state index in [4.69, 9.17) is 4.74 Å². The number of fused-ring (bicyclic) bond motifs is 2. The Morgan fingerprint density at radius 3 is 2.21 bits per heavy atom. The van der Waals surface area contributed by atoms with Gasteiger partial charge in [-0.3, -0.25) is 0 Å². The number of hydrogen-bond acceptors (Lipinski definition) is 2. The van der Waals surface area contributed by atoms with Crippen molar-refractivity contribution in [2.45, 2.75) is 0 Å². The summed E-state index contributed by atoms with van der Waals surface area (Å²) in [6.45, 7) is 0. The van der Waals surface area contributed by atoms with Crippen LogP contribution in [0.2, 0.25) is 0 Å². The second-order valence-electron chi connectivity index (χ2n) is 5.69. The monoisotopic (exact) mass is 309 g/mol. The second-order valence-corrected chi connectivity index (χ2v) is 5.69. The molecule has 0 unspecified atom stereocenters. The van der Waals surface area contributed by atoms with Crippen LogP contribution in [0.5, 0.6) is 5.75 Å². The van der Waals surface area contributed by atoms with Gasteiger partial charge in [-0.25, -0.2) is 0 Å². The number of benzene rings is 4. The van der Waals surface area contributed by atoms with Crippen molar-refractivity contribution < 1.29 is 4.74 Å². The lowest BCUT2D eigenvalue weighted by Gasteiger charge is -2.15. The maximum Gasteiger partial charge on any atom is 0.128 e. The van der Waals surface area contributed by atoms with Gasteiger partial charge in [0.25, 0.3) is 0 Å². The molecule has 0 heterocycles. The van der Waals surface area contributed by atoms with E-state index in [-0.39, 0.29) is 0 Å². The van der Waals surface area contributed by atoms with Gasteiger partial charge in [0.2, 0.25) is 0 Å². The van der Waals surface area contributed by atoms with Crippen molar-refractivity contribution >= 4 is 21.5 Å². The Labute approximate surface area is 140 Å². The third kappa shape index (κ3) is 2.11. The summed E-state index contributed by atoms with van der Waals surface area (Å²) in [5, 5.41) is 13.8. The van der Waals surface area contributed by atoms with Crippen molar-refractivity contribution in [3.05, 3.63) is 78.4 Å². The first-order chi connectivity index (χ1) is 11.8. The molecule has 24 heavy (non-hydrogen) atoms. The fourth-order valence-electron chi connectivity index (χ4n) is 3.32. The van der Waals surface area contributed by atoms with Crippen LogP contribution in [0, 0.1) is 11.3 Å². The molecule has 2 nitrogen and oxygen atoms in total. The lowest BCUT2D eigenvalue weighted by atomic mass is 9.91. The Bertz CT molecular complexity index is 1100. The lowest BCUT2D eigenvalue weighted by Crippen LogP contribution is -1.93. The number of rotatable bonds is 2. The van der Waals surface area contributed by atoms with Gasteiger partial charge >= 0.3 is 0 Å². The van der Waals surface area contributed by atoms with Crippen molar-refractivity contribution in [3.63, 3.8) is 0 Å². The summed E-state index contributed by atoms with van der Waals surface area (Å²) in [6, 6.07) is 26.7. The Hall–Kier alpha value is -3.31. The highest BCUT2D eigenvalue weighted by Crippen LogP contribution is 2.41. The van der Waals surface area contributed by atoms with E-state index in [2.05, 4.69) is 42.5 Å². The van der Waals surface area contributed by atoms with Crippen molar-refractivity contribution in [3.8, 4) is 22.9 Å². The maximum atomic E-state index is 9.48. The highest BCUT2D eigenvalue weighted by Gasteiger charge is 2.16. The first kappa shape index (κ1) is 14.3. The van der Waals surface area contributed by atoms with Crippen molar-refractivity contribution in [2.24, 2.45) is 0 Å². The Morgan fingerprint density at radius 2 is 1.46 bits per heavy atom. The summed E-state index contributed by atoms with van der Waals surface area (Å²) in [6.07, 6.45) is 0. The van der Waals surface area contributed by atoms with Crippen LogP contribution in [0.3, 0.4) is 0 Å². The van der Waals surface area contributed by atoms with Crippen LogP contribution in [-0.4, -0.2) is 7.11 Å². The zero-order valence-corrected chi connectivity index (χ0v) is 13.3. The van der Waals surface area contributed by atoms with Crippen LogP contribution in [-0.2, 0) is 0 Å². The molecule has 2 heteroatoms. The fourth-order valence-corrected chi connectivity index (χ4v) is 3.32. The largest absolute Gasteiger partial charge is 0.496 e. The van der Waals surface area contributed by atoms with Gasteiger partial charge in [0.05, 0.1) is 18.7 Å². The number of ether oxygens (including phenoxy) is 1. The second kappa shape index (κ2) is 5.72.